The third-order valence-electron chi connectivity index (χ3n) is 3.12. The molecular formula is C12H15FN2O3. The van der Waals surface area contributed by atoms with Gasteiger partial charge in [-0.25, -0.2) is 4.39 Å². The molecule has 1 aromatic carbocycles. The van der Waals surface area contributed by atoms with Crippen LogP contribution in [0.4, 0.5) is 10.1 Å². The minimum atomic E-state index is -0.614. The van der Waals surface area contributed by atoms with Gasteiger partial charge in [-0.1, -0.05) is 0 Å². The molecule has 0 spiro atoms. The van der Waals surface area contributed by atoms with Crippen LogP contribution < -0.4 is 0 Å². The number of likely N-dealkylation sites (tertiary alicyclic amines) is 1. The van der Waals surface area contributed by atoms with Crippen molar-refractivity contribution in [1.29, 1.82) is 0 Å². The summed E-state index contributed by atoms with van der Waals surface area (Å²) >= 11 is 0. The molecule has 1 saturated heterocycles. The predicted molar refractivity (Wildman–Crippen MR) is 63.6 cm³/mol. The molecule has 1 N–H and O–H groups in total. The maximum absolute atomic E-state index is 13.7. The smallest absolute Gasteiger partial charge is 0.272 e. The van der Waals surface area contributed by atoms with E-state index < -0.39 is 10.7 Å². The highest BCUT2D eigenvalue weighted by molar-refractivity contribution is 5.34. The maximum atomic E-state index is 13.7. The molecular weight excluding hydrogens is 239 g/mol. The van der Waals surface area contributed by atoms with E-state index in [1.165, 1.54) is 12.1 Å². The van der Waals surface area contributed by atoms with Crippen molar-refractivity contribution < 1.29 is 14.4 Å². The van der Waals surface area contributed by atoms with Crippen molar-refractivity contribution in [2.75, 3.05) is 13.1 Å². The highest BCUT2D eigenvalue weighted by Gasteiger charge is 2.19. The van der Waals surface area contributed by atoms with Crippen molar-refractivity contribution in [2.24, 2.45) is 0 Å². The van der Waals surface area contributed by atoms with Crippen LogP contribution in [0.15, 0.2) is 18.2 Å². The van der Waals surface area contributed by atoms with Crippen molar-refractivity contribution in [3.8, 4) is 0 Å². The lowest BCUT2D eigenvalue weighted by Crippen LogP contribution is -2.37. The Balaban J connectivity index is 2.07. The van der Waals surface area contributed by atoms with Gasteiger partial charge < -0.3 is 5.11 Å². The molecule has 1 atom stereocenters. The predicted octanol–water partition coefficient (Wildman–Crippen LogP) is 1.69. The fourth-order valence-electron chi connectivity index (χ4n) is 2.19. The molecule has 0 saturated carbocycles. The number of benzene rings is 1. The Bertz CT molecular complexity index is 453. The first kappa shape index (κ1) is 12.9. The topological polar surface area (TPSA) is 66.6 Å². The number of non-ortho nitro benzene ring substituents is 1. The van der Waals surface area contributed by atoms with Gasteiger partial charge in [-0.3, -0.25) is 15.0 Å². The second kappa shape index (κ2) is 5.41. The van der Waals surface area contributed by atoms with Gasteiger partial charge in [0.1, 0.15) is 5.82 Å². The van der Waals surface area contributed by atoms with Crippen LogP contribution >= 0.6 is 0 Å². The lowest BCUT2D eigenvalue weighted by molar-refractivity contribution is -0.385. The number of aliphatic hydroxyl groups excluding tert-OH is 1. The zero-order valence-electron chi connectivity index (χ0n) is 9.88. The van der Waals surface area contributed by atoms with Crippen LogP contribution in [0, 0.1) is 15.9 Å². The molecule has 1 aromatic rings. The van der Waals surface area contributed by atoms with Gasteiger partial charge in [0.15, 0.2) is 0 Å². The molecule has 1 fully saturated rings. The average molecular weight is 254 g/mol. The van der Waals surface area contributed by atoms with E-state index in [4.69, 9.17) is 0 Å². The normalized spacial score (nSPS) is 20.9. The molecule has 18 heavy (non-hydrogen) atoms. The van der Waals surface area contributed by atoms with Gasteiger partial charge in [0.25, 0.3) is 5.69 Å². The SMILES string of the molecule is O=[N+]([O-])c1ccc(CN2CCCC(O)C2)c(F)c1. The summed E-state index contributed by atoms with van der Waals surface area (Å²) < 4.78 is 13.7. The Hall–Kier alpha value is -1.53. The second-order valence-electron chi connectivity index (χ2n) is 4.56. The van der Waals surface area contributed by atoms with E-state index in [1.807, 2.05) is 4.90 Å². The number of nitro groups is 1. The number of hydrogen-bond acceptors (Lipinski definition) is 4. The molecule has 98 valence electrons. The monoisotopic (exact) mass is 254 g/mol. The first-order valence-corrected chi connectivity index (χ1v) is 5.89. The summed E-state index contributed by atoms with van der Waals surface area (Å²) in [6.45, 7) is 1.71. The highest BCUT2D eigenvalue weighted by atomic mass is 19.1. The number of nitro benzene ring substituents is 1. The number of rotatable bonds is 3. The quantitative estimate of drug-likeness (QED) is 0.658. The molecule has 5 nitrogen and oxygen atoms in total. The number of β-amino-alcohol motifs (C(OH)–C–C–N with tert-alkyl or cyclic N) is 1. The van der Waals surface area contributed by atoms with E-state index in [1.54, 1.807) is 0 Å². The van der Waals surface area contributed by atoms with E-state index in [0.29, 0.717) is 18.7 Å². The molecule has 0 radical (unpaired) electrons. The summed E-state index contributed by atoms with van der Waals surface area (Å²) in [4.78, 5) is 11.8. The lowest BCUT2D eigenvalue weighted by Gasteiger charge is -2.29. The molecule has 0 aliphatic carbocycles. The summed E-state index contributed by atoms with van der Waals surface area (Å²) in [5, 5.41) is 20.0. The van der Waals surface area contributed by atoms with Crippen LogP contribution in [-0.2, 0) is 6.54 Å². The molecule has 0 bridgehead atoms. The molecule has 1 unspecified atom stereocenters. The zero-order chi connectivity index (χ0) is 13.1. The van der Waals surface area contributed by atoms with Gasteiger partial charge in [-0.15, -0.1) is 0 Å². The minimum Gasteiger partial charge on any atom is -0.392 e. The van der Waals surface area contributed by atoms with Crippen molar-refractivity contribution in [2.45, 2.75) is 25.5 Å². The maximum Gasteiger partial charge on any atom is 0.272 e. The summed E-state index contributed by atoms with van der Waals surface area (Å²) in [5.74, 6) is -0.565. The third kappa shape index (κ3) is 3.02. The second-order valence-corrected chi connectivity index (χ2v) is 4.56. The Morgan fingerprint density at radius 3 is 2.94 bits per heavy atom. The Morgan fingerprint density at radius 1 is 1.56 bits per heavy atom. The Morgan fingerprint density at radius 2 is 2.33 bits per heavy atom. The largest absolute Gasteiger partial charge is 0.392 e. The van der Waals surface area contributed by atoms with E-state index in [-0.39, 0.29) is 11.8 Å². The molecule has 1 aliphatic heterocycles. The number of aliphatic hydroxyl groups is 1. The Kier molecular flexibility index (Phi) is 3.88. The van der Waals surface area contributed by atoms with Crippen LogP contribution in [0.3, 0.4) is 0 Å². The van der Waals surface area contributed by atoms with Gasteiger partial charge in [0, 0.05) is 24.7 Å². The summed E-state index contributed by atoms with van der Waals surface area (Å²) in [5.41, 5.74) is 0.185. The summed E-state index contributed by atoms with van der Waals surface area (Å²) in [6.07, 6.45) is 1.30. The van der Waals surface area contributed by atoms with E-state index >= 15 is 0 Å². The van der Waals surface area contributed by atoms with E-state index in [0.717, 1.165) is 25.5 Å². The zero-order valence-corrected chi connectivity index (χ0v) is 9.88. The molecule has 6 heteroatoms. The van der Waals surface area contributed by atoms with Gasteiger partial charge in [-0.2, -0.15) is 0 Å². The molecule has 1 heterocycles. The minimum absolute atomic E-state index is 0.241. The highest BCUT2D eigenvalue weighted by Crippen LogP contribution is 2.19. The summed E-state index contributed by atoms with van der Waals surface area (Å²) in [6, 6.07) is 3.68. The molecule has 0 aromatic heterocycles. The van der Waals surface area contributed by atoms with Crippen molar-refractivity contribution in [1.82, 2.24) is 4.90 Å². The van der Waals surface area contributed by atoms with Crippen LogP contribution in [0.1, 0.15) is 18.4 Å². The van der Waals surface area contributed by atoms with Crippen LogP contribution in [0.5, 0.6) is 0 Å². The first-order valence-electron chi connectivity index (χ1n) is 5.89. The first-order chi connectivity index (χ1) is 8.56. The van der Waals surface area contributed by atoms with Crippen LogP contribution in [-0.4, -0.2) is 34.1 Å². The van der Waals surface area contributed by atoms with E-state index in [9.17, 15) is 19.6 Å². The van der Waals surface area contributed by atoms with Gasteiger partial charge in [0.05, 0.1) is 17.1 Å². The fraction of sp³-hybridized carbons (Fsp3) is 0.500. The van der Waals surface area contributed by atoms with Crippen LogP contribution in [0.25, 0.3) is 0 Å². The standard InChI is InChI=1S/C12H15FN2O3/c13-12-6-10(15(17)18)4-3-9(12)7-14-5-1-2-11(16)8-14/h3-4,6,11,16H,1-2,5,7-8H2. The average Bonchev–Trinajstić information content (AvgIpc) is 2.31. The number of nitrogens with zero attached hydrogens (tertiary/aromatic N) is 2. The Labute approximate surface area is 104 Å². The van der Waals surface area contributed by atoms with Crippen LogP contribution in [0.2, 0.25) is 0 Å². The number of piperidine rings is 1. The van der Waals surface area contributed by atoms with Crippen molar-refractivity contribution in [3.05, 3.63) is 39.7 Å². The fourth-order valence-corrected chi connectivity index (χ4v) is 2.19. The molecule has 1 aliphatic rings. The van der Waals surface area contributed by atoms with E-state index in [2.05, 4.69) is 0 Å². The van der Waals surface area contributed by atoms with Gasteiger partial charge in [-0.05, 0) is 25.5 Å². The van der Waals surface area contributed by atoms with Gasteiger partial charge >= 0.3 is 0 Å². The van der Waals surface area contributed by atoms with Gasteiger partial charge in [0.2, 0.25) is 0 Å². The number of halogens is 1. The third-order valence-corrected chi connectivity index (χ3v) is 3.12. The lowest BCUT2D eigenvalue weighted by atomic mass is 10.1. The molecule has 0 amide bonds. The molecule has 2 rings (SSSR count). The van der Waals surface area contributed by atoms with Crippen molar-refractivity contribution in [3.63, 3.8) is 0 Å². The van der Waals surface area contributed by atoms with Crippen molar-refractivity contribution >= 4 is 5.69 Å². The number of hydrogen-bond donors (Lipinski definition) is 1. The summed E-state index contributed by atoms with van der Waals surface area (Å²) in [7, 11) is 0.